The molecule has 0 aliphatic carbocycles. The molecule has 6 nitrogen and oxygen atoms in total. The van der Waals surface area contributed by atoms with Crippen molar-refractivity contribution in [1.29, 1.82) is 0 Å². The third-order valence-electron chi connectivity index (χ3n) is 2.81. The molecule has 0 aromatic heterocycles. The molecule has 7 heteroatoms. The molecule has 0 unspecified atom stereocenters. The normalized spacial score (nSPS) is 9.82. The Hall–Kier alpha value is -2.80. The Balaban J connectivity index is 1.96. The first-order chi connectivity index (χ1) is 10.6. The zero-order valence-corrected chi connectivity index (χ0v) is 12.3. The molecule has 0 spiro atoms. The van der Waals surface area contributed by atoms with E-state index < -0.39 is 4.92 Å². The second-order valence-corrected chi connectivity index (χ2v) is 4.85. The molecule has 0 saturated heterocycles. The van der Waals surface area contributed by atoms with E-state index in [1.54, 1.807) is 12.1 Å². The van der Waals surface area contributed by atoms with Crippen LogP contribution in [0.3, 0.4) is 0 Å². The van der Waals surface area contributed by atoms with E-state index in [0.717, 1.165) is 5.56 Å². The molecule has 0 heterocycles. The van der Waals surface area contributed by atoms with Crippen molar-refractivity contribution in [2.45, 2.75) is 6.42 Å². The lowest BCUT2D eigenvalue weighted by Crippen LogP contribution is -2.35. The number of hydrogen-bond acceptors (Lipinski definition) is 4. The maximum Gasteiger partial charge on any atom is 0.292 e. The van der Waals surface area contributed by atoms with E-state index in [1.807, 2.05) is 30.3 Å². The largest absolute Gasteiger partial charge is 0.327 e. The maximum absolute atomic E-state index is 11.9. The number of nitro groups is 1. The molecule has 2 N–H and O–H groups in total. The summed E-state index contributed by atoms with van der Waals surface area (Å²) in [5.41, 5.74) is 0.980. The summed E-state index contributed by atoms with van der Waals surface area (Å²) in [5.74, 6) is -0.290. The number of hydrogen-bond donors (Lipinski definition) is 2. The lowest BCUT2D eigenvalue weighted by atomic mass is 10.1. The lowest BCUT2D eigenvalue weighted by Gasteiger charge is -2.09. The van der Waals surface area contributed by atoms with Crippen LogP contribution < -0.4 is 10.6 Å². The molecule has 0 aliphatic rings. The standard InChI is InChI=1S/C15H13N3O3S/c19-14(10-11-6-2-1-3-7-11)17-15(22)16-12-8-4-5-9-13(12)18(20)21/h1-9H,10H2,(H2,16,17,19,22). The number of nitro benzene ring substituents is 1. The summed E-state index contributed by atoms with van der Waals surface area (Å²) < 4.78 is 0. The van der Waals surface area contributed by atoms with Crippen molar-refractivity contribution >= 4 is 34.6 Å². The molecule has 22 heavy (non-hydrogen) atoms. The van der Waals surface area contributed by atoms with Gasteiger partial charge in [-0.15, -0.1) is 0 Å². The zero-order chi connectivity index (χ0) is 15.9. The predicted molar refractivity (Wildman–Crippen MR) is 87.6 cm³/mol. The molecule has 2 aromatic rings. The molecule has 2 rings (SSSR count). The first-order valence-corrected chi connectivity index (χ1v) is 6.85. The molecule has 1 amide bonds. The van der Waals surface area contributed by atoms with Gasteiger partial charge in [-0.3, -0.25) is 14.9 Å². The number of anilines is 1. The van der Waals surface area contributed by atoms with Crippen LogP contribution in [0.5, 0.6) is 0 Å². The molecule has 112 valence electrons. The van der Waals surface area contributed by atoms with Crippen molar-refractivity contribution < 1.29 is 9.72 Å². The van der Waals surface area contributed by atoms with Crippen LogP contribution in [0, 0.1) is 10.1 Å². The van der Waals surface area contributed by atoms with Crippen molar-refractivity contribution in [3.8, 4) is 0 Å². The van der Waals surface area contributed by atoms with Crippen LogP contribution in [0.25, 0.3) is 0 Å². The quantitative estimate of drug-likeness (QED) is 0.515. The molecule has 0 aliphatic heterocycles. The SMILES string of the molecule is O=C(Cc1ccccc1)NC(=S)Nc1ccccc1[N+](=O)[O-]. The number of thiocarbonyl (C=S) groups is 1. The summed E-state index contributed by atoms with van der Waals surface area (Å²) in [4.78, 5) is 22.2. The van der Waals surface area contributed by atoms with Gasteiger partial charge in [-0.1, -0.05) is 42.5 Å². The predicted octanol–water partition coefficient (Wildman–Crippen LogP) is 2.65. The number of amides is 1. The van der Waals surface area contributed by atoms with Gasteiger partial charge in [0, 0.05) is 6.07 Å². The Morgan fingerprint density at radius 1 is 1.09 bits per heavy atom. The highest BCUT2D eigenvalue weighted by atomic mass is 32.1. The molecular weight excluding hydrogens is 302 g/mol. The van der Waals surface area contributed by atoms with Crippen molar-refractivity contribution in [1.82, 2.24) is 5.32 Å². The summed E-state index contributed by atoms with van der Waals surface area (Å²) in [6, 6.07) is 15.3. The summed E-state index contributed by atoms with van der Waals surface area (Å²) in [7, 11) is 0. The smallest absolute Gasteiger partial charge is 0.292 e. The second-order valence-electron chi connectivity index (χ2n) is 4.44. The average molecular weight is 315 g/mol. The monoisotopic (exact) mass is 315 g/mol. The number of nitrogens with zero attached hydrogens (tertiary/aromatic N) is 1. The summed E-state index contributed by atoms with van der Waals surface area (Å²) in [6.07, 6.45) is 0.180. The fourth-order valence-electron chi connectivity index (χ4n) is 1.84. The number of para-hydroxylation sites is 2. The van der Waals surface area contributed by atoms with Crippen LogP contribution in [-0.4, -0.2) is 15.9 Å². The van der Waals surface area contributed by atoms with Gasteiger partial charge in [0.2, 0.25) is 5.91 Å². The second kappa shape index (κ2) is 7.28. The Morgan fingerprint density at radius 2 is 1.73 bits per heavy atom. The molecule has 0 radical (unpaired) electrons. The van der Waals surface area contributed by atoms with Crippen LogP contribution in [0.2, 0.25) is 0 Å². The van der Waals surface area contributed by atoms with Gasteiger partial charge in [-0.05, 0) is 23.8 Å². The Kier molecular flexibility index (Phi) is 5.16. The van der Waals surface area contributed by atoms with Gasteiger partial charge in [-0.2, -0.15) is 0 Å². The molecule has 2 aromatic carbocycles. The molecule has 0 bridgehead atoms. The number of nitrogens with one attached hydrogen (secondary N) is 2. The van der Waals surface area contributed by atoms with Crippen LogP contribution in [0.15, 0.2) is 54.6 Å². The zero-order valence-electron chi connectivity index (χ0n) is 11.5. The van der Waals surface area contributed by atoms with E-state index >= 15 is 0 Å². The van der Waals surface area contributed by atoms with Crippen LogP contribution in [0.1, 0.15) is 5.56 Å². The number of carbonyl (C=O) groups is 1. The first kappa shape index (κ1) is 15.6. The summed E-state index contributed by atoms with van der Waals surface area (Å²) in [5, 5.41) is 16.1. The topological polar surface area (TPSA) is 84.3 Å². The van der Waals surface area contributed by atoms with Gasteiger partial charge in [-0.25, -0.2) is 0 Å². The minimum absolute atomic E-state index is 0.0234. The highest BCUT2D eigenvalue weighted by Gasteiger charge is 2.14. The maximum atomic E-state index is 11.9. The fraction of sp³-hybridized carbons (Fsp3) is 0.0667. The van der Waals surface area contributed by atoms with E-state index in [2.05, 4.69) is 10.6 Å². The first-order valence-electron chi connectivity index (χ1n) is 6.44. The Morgan fingerprint density at radius 3 is 2.41 bits per heavy atom. The number of benzene rings is 2. The van der Waals surface area contributed by atoms with Crippen molar-refractivity contribution in [2.24, 2.45) is 0 Å². The van der Waals surface area contributed by atoms with Crippen LogP contribution in [-0.2, 0) is 11.2 Å². The van der Waals surface area contributed by atoms with E-state index in [0.29, 0.717) is 0 Å². The number of rotatable bonds is 4. The summed E-state index contributed by atoms with van der Waals surface area (Å²) >= 11 is 5.01. The lowest BCUT2D eigenvalue weighted by molar-refractivity contribution is -0.383. The highest BCUT2D eigenvalue weighted by Crippen LogP contribution is 2.22. The Labute approximate surface area is 132 Å². The Bertz CT molecular complexity index is 704. The third kappa shape index (κ3) is 4.35. The van der Waals surface area contributed by atoms with Gasteiger partial charge in [0.1, 0.15) is 5.69 Å². The van der Waals surface area contributed by atoms with Crippen molar-refractivity contribution in [3.63, 3.8) is 0 Å². The van der Waals surface area contributed by atoms with Crippen molar-refractivity contribution in [3.05, 3.63) is 70.3 Å². The highest BCUT2D eigenvalue weighted by molar-refractivity contribution is 7.80. The van der Waals surface area contributed by atoms with Crippen LogP contribution >= 0.6 is 12.2 Å². The minimum Gasteiger partial charge on any atom is -0.327 e. The van der Waals surface area contributed by atoms with E-state index in [-0.39, 0.29) is 28.8 Å². The van der Waals surface area contributed by atoms with E-state index in [4.69, 9.17) is 12.2 Å². The van der Waals surface area contributed by atoms with Gasteiger partial charge < -0.3 is 10.6 Å². The van der Waals surface area contributed by atoms with Gasteiger partial charge in [0.15, 0.2) is 5.11 Å². The van der Waals surface area contributed by atoms with Crippen LogP contribution in [0.4, 0.5) is 11.4 Å². The minimum atomic E-state index is -0.517. The van der Waals surface area contributed by atoms with Gasteiger partial charge in [0.25, 0.3) is 5.69 Å². The molecule has 0 saturated carbocycles. The third-order valence-corrected chi connectivity index (χ3v) is 3.01. The van der Waals surface area contributed by atoms with E-state index in [1.165, 1.54) is 12.1 Å². The molecular formula is C15H13N3O3S. The number of carbonyl (C=O) groups excluding carboxylic acids is 1. The van der Waals surface area contributed by atoms with E-state index in [9.17, 15) is 14.9 Å². The fourth-order valence-corrected chi connectivity index (χ4v) is 2.07. The average Bonchev–Trinajstić information content (AvgIpc) is 2.48. The van der Waals surface area contributed by atoms with Gasteiger partial charge >= 0.3 is 0 Å². The molecule has 0 atom stereocenters. The van der Waals surface area contributed by atoms with Gasteiger partial charge in [0.05, 0.1) is 11.3 Å². The van der Waals surface area contributed by atoms with Crippen molar-refractivity contribution in [2.75, 3.05) is 5.32 Å². The summed E-state index contributed by atoms with van der Waals surface area (Å²) in [6.45, 7) is 0. The molecule has 0 fully saturated rings.